The van der Waals surface area contributed by atoms with E-state index >= 15 is 0 Å². The average Bonchev–Trinajstić information content (AvgIpc) is 3.24. The Hall–Kier alpha value is -1.85. The summed E-state index contributed by atoms with van der Waals surface area (Å²) in [6, 6.07) is 0. The maximum Gasteiger partial charge on any atom is 0.306 e. The molecule has 5 aliphatic carbocycles. The van der Waals surface area contributed by atoms with E-state index in [1.807, 2.05) is 13.8 Å². The van der Waals surface area contributed by atoms with Gasteiger partial charge < -0.3 is 14.9 Å². The standard InChI is InChI=1S/C38H60O6/c1-23(2)24-12-17-38(21-30(41)42)19-18-36(8)25(32(24)38)10-11-27-35(7)15-14-28(34(5,6)26(35)13-16-37(27,36)9)44-31(43)22-33(3,4)20-29(39)40/h24-28,32H,1,10-22H2,2-9H3,(H,39,40)(H,41,42)/t24-,25+,26-,27+,28-,32+,35-,36+,37+,38+/m0/s1. The van der Waals surface area contributed by atoms with Crippen LogP contribution in [0.2, 0.25) is 0 Å². The molecule has 0 amide bonds. The molecule has 0 aromatic rings. The van der Waals surface area contributed by atoms with E-state index in [1.54, 1.807) is 0 Å². The lowest BCUT2D eigenvalue weighted by Crippen LogP contribution is -2.66. The average molecular weight is 613 g/mol. The number of carbonyl (C=O) groups excluding carboxylic acids is 1. The summed E-state index contributed by atoms with van der Waals surface area (Å²) in [6.45, 7) is 22.6. The Morgan fingerprint density at radius 1 is 0.795 bits per heavy atom. The minimum absolute atomic E-state index is 0.0533. The third-order valence-corrected chi connectivity index (χ3v) is 15.2. The van der Waals surface area contributed by atoms with E-state index in [0.29, 0.717) is 36.0 Å². The van der Waals surface area contributed by atoms with E-state index in [2.05, 4.69) is 48.1 Å². The van der Waals surface area contributed by atoms with Gasteiger partial charge in [0, 0.05) is 5.41 Å². The molecule has 0 radical (unpaired) electrons. The molecule has 5 aliphatic rings. The van der Waals surface area contributed by atoms with Crippen molar-refractivity contribution in [1.29, 1.82) is 0 Å². The molecule has 0 aromatic heterocycles. The highest BCUT2D eigenvalue weighted by Gasteiger charge is 2.71. The number of aliphatic carboxylic acids is 2. The Morgan fingerprint density at radius 3 is 2.09 bits per heavy atom. The van der Waals surface area contributed by atoms with Crippen molar-refractivity contribution in [3.8, 4) is 0 Å². The van der Waals surface area contributed by atoms with Crippen molar-refractivity contribution >= 4 is 17.9 Å². The van der Waals surface area contributed by atoms with Crippen LogP contribution in [0.4, 0.5) is 0 Å². The number of esters is 1. The third-order valence-electron chi connectivity index (χ3n) is 15.2. The molecule has 5 rings (SSSR count). The van der Waals surface area contributed by atoms with Crippen molar-refractivity contribution in [2.75, 3.05) is 0 Å². The Balaban J connectivity index is 1.40. The van der Waals surface area contributed by atoms with E-state index < -0.39 is 17.4 Å². The van der Waals surface area contributed by atoms with E-state index in [0.717, 1.165) is 51.4 Å². The number of allylic oxidation sites excluding steroid dienone is 1. The first-order chi connectivity index (χ1) is 20.2. The van der Waals surface area contributed by atoms with Crippen LogP contribution in [0.1, 0.15) is 139 Å². The maximum atomic E-state index is 13.1. The lowest BCUT2D eigenvalue weighted by molar-refractivity contribution is -0.250. The van der Waals surface area contributed by atoms with Crippen molar-refractivity contribution in [1.82, 2.24) is 0 Å². The molecule has 5 fully saturated rings. The molecule has 0 spiro atoms. The lowest BCUT2D eigenvalue weighted by Gasteiger charge is -2.73. The van der Waals surface area contributed by atoms with Gasteiger partial charge in [0.15, 0.2) is 0 Å². The Labute approximate surface area is 266 Å². The van der Waals surface area contributed by atoms with E-state index in [1.165, 1.54) is 18.4 Å². The van der Waals surface area contributed by atoms with Crippen LogP contribution in [-0.4, -0.2) is 34.2 Å². The summed E-state index contributed by atoms with van der Waals surface area (Å²) in [5.41, 5.74) is 0.842. The minimum Gasteiger partial charge on any atom is -0.481 e. The molecule has 0 unspecified atom stereocenters. The molecule has 6 nitrogen and oxygen atoms in total. The number of rotatable bonds is 8. The number of carboxylic acid groups (broad SMARTS) is 2. The van der Waals surface area contributed by atoms with Gasteiger partial charge in [-0.1, -0.05) is 60.6 Å². The SMILES string of the molecule is C=C(C)[C@@H]1CC[C@]2(CC(=O)O)CC[C@]3(C)[C@H](CC[C@@H]4[C@@]5(C)CC[C@H](OC(=O)CC(C)(C)CC(=O)O)C(C)(C)[C@@H]5CC[C@]43C)[C@@H]12. The second-order valence-electron chi connectivity index (χ2n) is 18.4. The summed E-state index contributed by atoms with van der Waals surface area (Å²) in [5.74, 6) is 0.583. The zero-order chi connectivity index (χ0) is 32.7. The highest BCUT2D eigenvalue weighted by molar-refractivity contribution is 5.73. The van der Waals surface area contributed by atoms with Crippen LogP contribution in [0.15, 0.2) is 12.2 Å². The quantitative estimate of drug-likeness (QED) is 0.210. The summed E-state index contributed by atoms with van der Waals surface area (Å²) in [4.78, 5) is 36.6. The molecule has 0 heterocycles. The van der Waals surface area contributed by atoms with Crippen molar-refractivity contribution in [2.24, 2.45) is 62.1 Å². The summed E-state index contributed by atoms with van der Waals surface area (Å²) >= 11 is 0. The van der Waals surface area contributed by atoms with Crippen molar-refractivity contribution < 1.29 is 29.3 Å². The number of hydrogen-bond donors (Lipinski definition) is 2. The van der Waals surface area contributed by atoms with E-state index in [4.69, 9.17) is 4.74 Å². The Morgan fingerprint density at radius 2 is 1.48 bits per heavy atom. The van der Waals surface area contributed by atoms with Gasteiger partial charge in [0.1, 0.15) is 6.10 Å². The molecule has 44 heavy (non-hydrogen) atoms. The predicted molar refractivity (Wildman–Crippen MR) is 172 cm³/mol. The highest BCUT2D eigenvalue weighted by Crippen LogP contribution is 2.78. The molecule has 0 aliphatic heterocycles. The second kappa shape index (κ2) is 10.9. The molecular weight excluding hydrogens is 552 g/mol. The molecule has 5 saturated carbocycles. The van der Waals surface area contributed by atoms with Crippen molar-refractivity contribution in [2.45, 2.75) is 145 Å². The van der Waals surface area contributed by atoms with Crippen molar-refractivity contribution in [3.05, 3.63) is 12.2 Å². The van der Waals surface area contributed by atoms with Crippen LogP contribution in [0, 0.1) is 62.1 Å². The Bertz CT molecular complexity index is 1200. The van der Waals surface area contributed by atoms with Gasteiger partial charge in [-0.15, -0.1) is 0 Å². The van der Waals surface area contributed by atoms with Gasteiger partial charge in [-0.25, -0.2) is 0 Å². The fourth-order valence-corrected chi connectivity index (χ4v) is 13.1. The van der Waals surface area contributed by atoms with Gasteiger partial charge in [-0.3, -0.25) is 14.4 Å². The molecule has 6 heteroatoms. The number of carboxylic acids is 2. The monoisotopic (exact) mass is 612 g/mol. The summed E-state index contributed by atoms with van der Waals surface area (Å²) < 4.78 is 6.22. The molecular formula is C38H60O6. The molecule has 2 N–H and O–H groups in total. The lowest BCUT2D eigenvalue weighted by atomic mass is 9.32. The first-order valence-corrected chi connectivity index (χ1v) is 17.5. The molecule has 0 saturated heterocycles. The van der Waals surface area contributed by atoms with Crippen molar-refractivity contribution in [3.63, 3.8) is 0 Å². The fourth-order valence-electron chi connectivity index (χ4n) is 13.1. The molecule has 10 atom stereocenters. The maximum absolute atomic E-state index is 13.1. The van der Waals surface area contributed by atoms with Crippen LogP contribution in [-0.2, 0) is 19.1 Å². The first kappa shape index (κ1) is 33.5. The minimum atomic E-state index is -0.890. The number of carbonyl (C=O) groups is 3. The van der Waals surface area contributed by atoms with Gasteiger partial charge in [0.25, 0.3) is 0 Å². The predicted octanol–water partition coefficient (Wildman–Crippen LogP) is 8.92. The molecule has 0 aromatic carbocycles. The third kappa shape index (κ3) is 5.07. The molecule has 0 bridgehead atoms. The van der Waals surface area contributed by atoms with E-state index in [9.17, 15) is 24.6 Å². The van der Waals surface area contributed by atoms with Crippen LogP contribution in [0.25, 0.3) is 0 Å². The van der Waals surface area contributed by atoms with Gasteiger partial charge in [-0.2, -0.15) is 0 Å². The number of hydrogen-bond acceptors (Lipinski definition) is 4. The largest absolute Gasteiger partial charge is 0.481 e. The zero-order valence-corrected chi connectivity index (χ0v) is 28.9. The first-order valence-electron chi connectivity index (χ1n) is 17.5. The smallest absolute Gasteiger partial charge is 0.306 e. The van der Waals surface area contributed by atoms with Gasteiger partial charge in [-0.05, 0) is 128 Å². The van der Waals surface area contributed by atoms with Crippen LogP contribution in [0.5, 0.6) is 0 Å². The Kier molecular flexibility index (Phi) is 8.27. The highest BCUT2D eigenvalue weighted by atomic mass is 16.5. The van der Waals surface area contributed by atoms with Gasteiger partial charge in [0.05, 0.1) is 19.3 Å². The second-order valence-corrected chi connectivity index (χ2v) is 18.4. The van der Waals surface area contributed by atoms with Crippen LogP contribution in [0.3, 0.4) is 0 Å². The number of ether oxygens (including phenoxy) is 1. The summed E-state index contributed by atoms with van der Waals surface area (Å²) in [5, 5.41) is 19.3. The van der Waals surface area contributed by atoms with Crippen LogP contribution >= 0.6 is 0 Å². The topological polar surface area (TPSA) is 101 Å². The summed E-state index contributed by atoms with van der Waals surface area (Å²) in [7, 11) is 0. The van der Waals surface area contributed by atoms with E-state index in [-0.39, 0.29) is 52.0 Å². The van der Waals surface area contributed by atoms with Gasteiger partial charge >= 0.3 is 17.9 Å². The summed E-state index contributed by atoms with van der Waals surface area (Å²) in [6.07, 6.45) is 11.0. The zero-order valence-electron chi connectivity index (χ0n) is 28.9. The molecule has 248 valence electrons. The normalized spacial score (nSPS) is 44.4. The number of fused-ring (bicyclic) bond motifs is 7. The van der Waals surface area contributed by atoms with Crippen LogP contribution < -0.4 is 0 Å². The van der Waals surface area contributed by atoms with Gasteiger partial charge in [0.2, 0.25) is 0 Å². The fraction of sp³-hybridized carbons (Fsp3) is 0.868.